The molecule has 0 unspecified atom stereocenters. The fraction of sp³-hybridized carbons (Fsp3) is 0. The molecule has 2 aromatic rings. The maximum atomic E-state index is 8.82. The molecule has 0 saturated carbocycles. The third kappa shape index (κ3) is 3.39. The summed E-state index contributed by atoms with van der Waals surface area (Å²) in [4.78, 5) is 5.61. The van der Waals surface area contributed by atoms with Crippen molar-refractivity contribution in [3.05, 3.63) is 52.3 Å². The Morgan fingerprint density at radius 1 is 1.26 bits per heavy atom. The summed E-state index contributed by atoms with van der Waals surface area (Å²) in [5.41, 5.74) is 2.37. The SMILES string of the molecule is N=C(NO)c1ccncc1Sc1ccc(Cl)c(Cl)c1. The molecule has 0 aliphatic rings. The van der Waals surface area contributed by atoms with Gasteiger partial charge in [0.05, 0.1) is 10.0 Å². The minimum absolute atomic E-state index is 0.0926. The van der Waals surface area contributed by atoms with E-state index in [0.29, 0.717) is 15.6 Å². The summed E-state index contributed by atoms with van der Waals surface area (Å²) in [5, 5.41) is 17.4. The number of benzene rings is 1. The van der Waals surface area contributed by atoms with E-state index in [-0.39, 0.29) is 5.84 Å². The maximum Gasteiger partial charge on any atom is 0.150 e. The molecule has 0 aliphatic carbocycles. The van der Waals surface area contributed by atoms with Crippen LogP contribution in [0.5, 0.6) is 0 Å². The molecule has 0 amide bonds. The van der Waals surface area contributed by atoms with E-state index in [0.717, 1.165) is 9.79 Å². The van der Waals surface area contributed by atoms with E-state index in [2.05, 4.69) is 4.98 Å². The molecule has 3 N–H and O–H groups in total. The minimum atomic E-state index is -0.0926. The number of hydroxylamine groups is 1. The Labute approximate surface area is 124 Å². The fourth-order valence-corrected chi connectivity index (χ4v) is 2.72. The van der Waals surface area contributed by atoms with Crippen molar-refractivity contribution in [2.45, 2.75) is 9.79 Å². The number of halogens is 2. The van der Waals surface area contributed by atoms with Crippen LogP contribution in [0.4, 0.5) is 0 Å². The van der Waals surface area contributed by atoms with Crippen molar-refractivity contribution in [3.63, 3.8) is 0 Å². The fourth-order valence-electron chi connectivity index (χ4n) is 1.40. The summed E-state index contributed by atoms with van der Waals surface area (Å²) in [5.74, 6) is -0.0926. The van der Waals surface area contributed by atoms with Crippen LogP contribution in [0.15, 0.2) is 46.5 Å². The van der Waals surface area contributed by atoms with Crippen LogP contribution in [0.25, 0.3) is 0 Å². The van der Waals surface area contributed by atoms with E-state index in [1.54, 1.807) is 30.6 Å². The largest absolute Gasteiger partial charge is 0.290 e. The molecule has 1 aromatic carbocycles. The predicted octanol–water partition coefficient (Wildman–Crippen LogP) is 3.84. The van der Waals surface area contributed by atoms with Crippen LogP contribution in [0.2, 0.25) is 10.0 Å². The average Bonchev–Trinajstić information content (AvgIpc) is 2.43. The lowest BCUT2D eigenvalue weighted by Crippen LogP contribution is -2.19. The lowest BCUT2D eigenvalue weighted by atomic mass is 10.2. The Kier molecular flexibility index (Phi) is 4.66. The van der Waals surface area contributed by atoms with E-state index in [9.17, 15) is 0 Å². The van der Waals surface area contributed by atoms with Gasteiger partial charge in [0.2, 0.25) is 0 Å². The molecule has 1 aromatic heterocycles. The highest BCUT2D eigenvalue weighted by atomic mass is 35.5. The average molecular weight is 314 g/mol. The van der Waals surface area contributed by atoms with Crippen LogP contribution in [-0.2, 0) is 0 Å². The maximum absolute atomic E-state index is 8.82. The molecule has 0 radical (unpaired) electrons. The van der Waals surface area contributed by atoms with Gasteiger partial charge in [0.25, 0.3) is 0 Å². The molecule has 19 heavy (non-hydrogen) atoms. The molecule has 2 rings (SSSR count). The van der Waals surface area contributed by atoms with Gasteiger partial charge in [-0.25, -0.2) is 0 Å². The van der Waals surface area contributed by atoms with Crippen LogP contribution in [0.3, 0.4) is 0 Å². The first-order valence-corrected chi connectivity index (χ1v) is 6.75. The predicted molar refractivity (Wildman–Crippen MR) is 76.6 cm³/mol. The van der Waals surface area contributed by atoms with E-state index in [1.165, 1.54) is 11.8 Å². The quantitative estimate of drug-likeness (QED) is 0.457. The topological polar surface area (TPSA) is 69.0 Å². The zero-order valence-corrected chi connectivity index (χ0v) is 11.9. The molecular weight excluding hydrogens is 305 g/mol. The van der Waals surface area contributed by atoms with Gasteiger partial charge in [-0.15, -0.1) is 0 Å². The van der Waals surface area contributed by atoms with Crippen LogP contribution in [0.1, 0.15) is 5.56 Å². The van der Waals surface area contributed by atoms with Crippen LogP contribution < -0.4 is 5.48 Å². The Bertz CT molecular complexity index is 622. The third-order valence-electron chi connectivity index (χ3n) is 2.28. The third-order valence-corrected chi connectivity index (χ3v) is 4.06. The zero-order valence-electron chi connectivity index (χ0n) is 9.52. The van der Waals surface area contributed by atoms with Gasteiger partial charge in [-0.2, -0.15) is 0 Å². The van der Waals surface area contributed by atoms with Gasteiger partial charge in [0, 0.05) is 27.7 Å². The Hall–Kier alpha value is -1.27. The van der Waals surface area contributed by atoms with Crippen molar-refractivity contribution in [2.24, 2.45) is 0 Å². The van der Waals surface area contributed by atoms with Gasteiger partial charge in [-0.05, 0) is 24.3 Å². The van der Waals surface area contributed by atoms with Gasteiger partial charge in [0.1, 0.15) is 0 Å². The number of rotatable bonds is 3. The molecule has 0 aliphatic heterocycles. The second-order valence-electron chi connectivity index (χ2n) is 3.54. The smallest absolute Gasteiger partial charge is 0.150 e. The van der Waals surface area contributed by atoms with Gasteiger partial charge in [-0.1, -0.05) is 35.0 Å². The molecule has 4 nitrogen and oxygen atoms in total. The lowest BCUT2D eigenvalue weighted by Gasteiger charge is -2.09. The number of hydrogen-bond acceptors (Lipinski definition) is 4. The Morgan fingerprint density at radius 3 is 2.74 bits per heavy atom. The number of amidine groups is 1. The summed E-state index contributed by atoms with van der Waals surface area (Å²) in [6.07, 6.45) is 3.18. The van der Waals surface area contributed by atoms with Crippen molar-refractivity contribution in [1.82, 2.24) is 10.5 Å². The molecule has 98 valence electrons. The number of aromatic nitrogens is 1. The molecule has 1 heterocycles. The Morgan fingerprint density at radius 2 is 2.05 bits per heavy atom. The molecule has 0 bridgehead atoms. The van der Waals surface area contributed by atoms with Crippen LogP contribution in [0, 0.1) is 5.41 Å². The normalized spacial score (nSPS) is 10.3. The summed E-state index contributed by atoms with van der Waals surface area (Å²) in [6, 6.07) is 6.91. The second kappa shape index (κ2) is 6.25. The van der Waals surface area contributed by atoms with Crippen molar-refractivity contribution in [2.75, 3.05) is 0 Å². The number of pyridine rings is 1. The second-order valence-corrected chi connectivity index (χ2v) is 5.47. The van der Waals surface area contributed by atoms with Gasteiger partial charge >= 0.3 is 0 Å². The summed E-state index contributed by atoms with van der Waals surface area (Å²) in [7, 11) is 0. The molecule has 0 saturated heterocycles. The monoisotopic (exact) mass is 313 g/mol. The first-order valence-electron chi connectivity index (χ1n) is 5.17. The van der Waals surface area contributed by atoms with E-state index >= 15 is 0 Å². The standard InChI is InChI=1S/C12H9Cl2N3OS/c13-9-2-1-7(5-10(9)14)19-11-6-16-4-3-8(11)12(15)17-18/h1-6,18H,(H2,15,17). The molecule has 0 atom stereocenters. The van der Waals surface area contributed by atoms with E-state index in [4.69, 9.17) is 33.8 Å². The van der Waals surface area contributed by atoms with Crippen molar-refractivity contribution >= 4 is 40.8 Å². The van der Waals surface area contributed by atoms with Crippen LogP contribution in [-0.4, -0.2) is 16.0 Å². The highest BCUT2D eigenvalue weighted by molar-refractivity contribution is 7.99. The molecular formula is C12H9Cl2N3OS. The van der Waals surface area contributed by atoms with Crippen LogP contribution >= 0.6 is 35.0 Å². The number of hydrogen-bond donors (Lipinski definition) is 3. The van der Waals surface area contributed by atoms with E-state index in [1.807, 2.05) is 11.5 Å². The summed E-state index contributed by atoms with van der Waals surface area (Å²) < 4.78 is 0. The minimum Gasteiger partial charge on any atom is -0.290 e. The Balaban J connectivity index is 2.32. The van der Waals surface area contributed by atoms with Crippen molar-refractivity contribution in [1.29, 1.82) is 5.41 Å². The van der Waals surface area contributed by atoms with Gasteiger partial charge < -0.3 is 0 Å². The number of nitrogens with one attached hydrogen (secondary N) is 2. The van der Waals surface area contributed by atoms with Crippen molar-refractivity contribution < 1.29 is 5.21 Å². The first-order chi connectivity index (χ1) is 9.11. The number of nitrogens with zero attached hydrogens (tertiary/aromatic N) is 1. The van der Waals surface area contributed by atoms with Gasteiger partial charge in [-0.3, -0.25) is 21.1 Å². The molecule has 0 fully saturated rings. The lowest BCUT2D eigenvalue weighted by molar-refractivity contribution is 0.234. The van der Waals surface area contributed by atoms with Gasteiger partial charge in [0.15, 0.2) is 5.84 Å². The summed E-state index contributed by atoms with van der Waals surface area (Å²) >= 11 is 13.2. The zero-order chi connectivity index (χ0) is 13.8. The first kappa shape index (κ1) is 14.1. The summed E-state index contributed by atoms with van der Waals surface area (Å²) in [6.45, 7) is 0. The highest BCUT2D eigenvalue weighted by Crippen LogP contribution is 2.33. The van der Waals surface area contributed by atoms with Crippen molar-refractivity contribution in [3.8, 4) is 0 Å². The molecule has 7 heteroatoms. The highest BCUT2D eigenvalue weighted by Gasteiger charge is 2.09. The molecule has 0 spiro atoms. The van der Waals surface area contributed by atoms with E-state index < -0.39 is 0 Å².